The van der Waals surface area contributed by atoms with Crippen LogP contribution in [0.4, 0.5) is 17.1 Å². The number of nitriles is 1. The number of hydrogen-bond donors (Lipinski definition) is 1. The lowest BCUT2D eigenvalue weighted by atomic mass is 10.1. The van der Waals surface area contributed by atoms with Gasteiger partial charge in [-0.15, -0.1) is 0 Å². The van der Waals surface area contributed by atoms with E-state index in [1.165, 1.54) is 30.3 Å². The van der Waals surface area contributed by atoms with Gasteiger partial charge in [-0.25, -0.2) is 0 Å². The number of carbonyl (C=O) groups is 1. The number of nitro groups is 2. The average Bonchev–Trinajstić information content (AvgIpc) is 2.88. The quantitative estimate of drug-likeness (QED) is 0.120. The van der Waals surface area contributed by atoms with E-state index in [-0.39, 0.29) is 34.3 Å². The molecule has 0 aliphatic carbocycles. The highest BCUT2D eigenvalue weighted by molar-refractivity contribution is 9.10. The topological polar surface area (TPSA) is 158 Å². The second kappa shape index (κ2) is 12.7. The average molecular weight is 602 g/mol. The molecule has 1 N–H and O–H groups in total. The Balaban J connectivity index is 1.83. The van der Waals surface area contributed by atoms with Crippen LogP contribution in [0.3, 0.4) is 0 Å². The molecule has 0 aliphatic heterocycles. The first kappa shape index (κ1) is 28.1. The van der Waals surface area contributed by atoms with Crippen molar-refractivity contribution in [3.63, 3.8) is 0 Å². The Morgan fingerprint density at radius 3 is 2.42 bits per heavy atom. The first-order valence-electron chi connectivity index (χ1n) is 10.8. The number of carbonyl (C=O) groups excluding carboxylic acids is 1. The highest BCUT2D eigenvalue weighted by Gasteiger charge is 2.17. The summed E-state index contributed by atoms with van der Waals surface area (Å²) in [5.41, 5.74) is 0.542. The van der Waals surface area contributed by atoms with Gasteiger partial charge in [0.05, 0.1) is 20.9 Å². The van der Waals surface area contributed by atoms with Crippen molar-refractivity contribution in [1.82, 2.24) is 0 Å². The van der Waals surface area contributed by atoms with E-state index in [1.54, 1.807) is 31.2 Å². The minimum absolute atomic E-state index is 0.0345. The molecule has 11 nitrogen and oxygen atoms in total. The van der Waals surface area contributed by atoms with E-state index in [0.717, 1.165) is 6.07 Å². The summed E-state index contributed by atoms with van der Waals surface area (Å²) in [5, 5.41) is 33.9. The molecular weight excluding hydrogens is 584 g/mol. The standard InChI is InChI=1S/C25H18BrClN4O7/c1-2-37-23-11-16(10-20(26)24(23)38-14-15-3-6-19(7-4-15)30(33)34)9-17(13-28)25(32)29-18-5-8-21(27)22(12-18)31(35)36/h3-12H,2,14H2,1H3,(H,29,32)/b17-9+. The Morgan fingerprint density at radius 2 is 1.82 bits per heavy atom. The monoisotopic (exact) mass is 600 g/mol. The first-order chi connectivity index (χ1) is 18.1. The molecule has 3 aromatic rings. The maximum Gasteiger partial charge on any atom is 0.289 e. The SMILES string of the molecule is CCOc1cc(/C=C(\C#N)C(=O)Nc2ccc(Cl)c([N+](=O)[O-])c2)cc(Br)c1OCc1ccc([N+](=O)[O-])cc1. The number of anilines is 1. The smallest absolute Gasteiger partial charge is 0.289 e. The predicted molar refractivity (Wildman–Crippen MR) is 143 cm³/mol. The molecule has 0 fully saturated rings. The molecule has 194 valence electrons. The molecule has 0 saturated carbocycles. The maximum absolute atomic E-state index is 12.7. The van der Waals surface area contributed by atoms with Gasteiger partial charge in [-0.2, -0.15) is 5.26 Å². The van der Waals surface area contributed by atoms with Crippen molar-refractivity contribution in [3.8, 4) is 17.6 Å². The van der Waals surface area contributed by atoms with Crippen molar-refractivity contribution >= 4 is 56.6 Å². The second-order valence-corrected chi connectivity index (χ2v) is 8.78. The number of benzene rings is 3. The van der Waals surface area contributed by atoms with Gasteiger partial charge in [0, 0.05) is 23.9 Å². The van der Waals surface area contributed by atoms with Crippen LogP contribution in [-0.4, -0.2) is 22.4 Å². The molecule has 3 rings (SSSR count). The molecule has 0 saturated heterocycles. The fourth-order valence-electron chi connectivity index (χ4n) is 3.19. The fourth-order valence-corrected chi connectivity index (χ4v) is 3.95. The Bertz CT molecular complexity index is 1470. The zero-order valence-corrected chi connectivity index (χ0v) is 22.0. The third-order valence-electron chi connectivity index (χ3n) is 4.94. The number of amides is 1. The van der Waals surface area contributed by atoms with Crippen LogP contribution in [0.1, 0.15) is 18.1 Å². The van der Waals surface area contributed by atoms with E-state index in [9.17, 15) is 30.3 Å². The van der Waals surface area contributed by atoms with Crippen molar-refractivity contribution in [2.45, 2.75) is 13.5 Å². The lowest BCUT2D eigenvalue weighted by Gasteiger charge is -2.15. The van der Waals surface area contributed by atoms with Crippen LogP contribution >= 0.6 is 27.5 Å². The zero-order valence-electron chi connectivity index (χ0n) is 19.6. The molecular formula is C25H18BrClN4O7. The number of nitrogens with zero attached hydrogens (tertiary/aromatic N) is 3. The minimum atomic E-state index is -0.781. The summed E-state index contributed by atoms with van der Waals surface area (Å²) in [4.78, 5) is 33.4. The maximum atomic E-state index is 12.7. The van der Waals surface area contributed by atoms with E-state index in [4.69, 9.17) is 21.1 Å². The lowest BCUT2D eigenvalue weighted by Crippen LogP contribution is -2.13. The molecule has 0 aliphatic rings. The Morgan fingerprint density at radius 1 is 1.11 bits per heavy atom. The summed E-state index contributed by atoms with van der Waals surface area (Å²) in [6.45, 7) is 2.18. The predicted octanol–water partition coefficient (Wildman–Crippen LogP) is 6.44. The number of hydrogen-bond acceptors (Lipinski definition) is 8. The van der Waals surface area contributed by atoms with Crippen molar-refractivity contribution in [3.05, 3.63) is 101 Å². The van der Waals surface area contributed by atoms with Gasteiger partial charge in [0.15, 0.2) is 11.5 Å². The number of non-ortho nitro benzene ring substituents is 1. The zero-order chi connectivity index (χ0) is 27.8. The summed E-state index contributed by atoms with van der Waals surface area (Å²) in [7, 11) is 0. The van der Waals surface area contributed by atoms with E-state index in [0.29, 0.717) is 33.7 Å². The summed E-state index contributed by atoms with van der Waals surface area (Å²) < 4.78 is 12.0. The van der Waals surface area contributed by atoms with Crippen molar-refractivity contribution in [2.24, 2.45) is 0 Å². The van der Waals surface area contributed by atoms with Crippen LogP contribution in [0.5, 0.6) is 11.5 Å². The van der Waals surface area contributed by atoms with E-state index in [1.807, 2.05) is 6.07 Å². The Kier molecular flexibility index (Phi) is 9.37. The van der Waals surface area contributed by atoms with Gasteiger partial charge < -0.3 is 14.8 Å². The molecule has 3 aromatic carbocycles. The molecule has 0 aromatic heterocycles. The summed E-state index contributed by atoms with van der Waals surface area (Å²) in [6, 6.07) is 14.7. The Labute approximate surface area is 229 Å². The molecule has 0 radical (unpaired) electrons. The number of nitrogens with one attached hydrogen (secondary N) is 1. The van der Waals surface area contributed by atoms with Crippen LogP contribution in [0.15, 0.2) is 64.6 Å². The van der Waals surface area contributed by atoms with Gasteiger partial charge >= 0.3 is 0 Å². The van der Waals surface area contributed by atoms with Crippen LogP contribution in [-0.2, 0) is 11.4 Å². The second-order valence-electron chi connectivity index (χ2n) is 7.52. The van der Waals surface area contributed by atoms with Gasteiger partial charge in [-0.05, 0) is 76.5 Å². The minimum Gasteiger partial charge on any atom is -0.490 e. The van der Waals surface area contributed by atoms with Gasteiger partial charge in [0.25, 0.3) is 17.3 Å². The summed E-state index contributed by atoms with van der Waals surface area (Å²) >= 11 is 9.22. The third-order valence-corrected chi connectivity index (χ3v) is 5.85. The Hall–Kier alpha value is -4.47. The van der Waals surface area contributed by atoms with Crippen molar-refractivity contribution < 1.29 is 24.1 Å². The van der Waals surface area contributed by atoms with Gasteiger partial charge in [-0.1, -0.05) is 11.6 Å². The molecule has 0 unspecified atom stereocenters. The van der Waals surface area contributed by atoms with Gasteiger partial charge in [0.1, 0.15) is 23.3 Å². The van der Waals surface area contributed by atoms with Crippen LogP contribution in [0.25, 0.3) is 6.08 Å². The lowest BCUT2D eigenvalue weighted by molar-refractivity contribution is -0.385. The number of rotatable bonds is 10. The first-order valence-corrected chi connectivity index (χ1v) is 12.0. The normalized spacial score (nSPS) is 10.8. The number of nitro benzene ring substituents is 2. The molecule has 0 atom stereocenters. The van der Waals surface area contributed by atoms with Crippen LogP contribution in [0.2, 0.25) is 5.02 Å². The van der Waals surface area contributed by atoms with Gasteiger partial charge in [0.2, 0.25) is 0 Å². The van der Waals surface area contributed by atoms with E-state index >= 15 is 0 Å². The molecule has 1 amide bonds. The molecule has 0 spiro atoms. The van der Waals surface area contributed by atoms with E-state index in [2.05, 4.69) is 21.2 Å². The van der Waals surface area contributed by atoms with Crippen LogP contribution in [0, 0.1) is 31.6 Å². The summed E-state index contributed by atoms with van der Waals surface area (Å²) in [5.74, 6) is -0.0865. The highest BCUT2D eigenvalue weighted by Crippen LogP contribution is 2.38. The van der Waals surface area contributed by atoms with Crippen molar-refractivity contribution in [2.75, 3.05) is 11.9 Å². The van der Waals surface area contributed by atoms with Gasteiger partial charge in [-0.3, -0.25) is 25.0 Å². The summed E-state index contributed by atoms with van der Waals surface area (Å²) in [6.07, 6.45) is 1.33. The fraction of sp³-hybridized carbons (Fsp3) is 0.120. The van der Waals surface area contributed by atoms with Crippen LogP contribution < -0.4 is 14.8 Å². The van der Waals surface area contributed by atoms with E-state index < -0.39 is 15.8 Å². The third kappa shape index (κ3) is 7.06. The largest absolute Gasteiger partial charge is 0.490 e. The molecule has 0 bridgehead atoms. The number of ether oxygens (including phenoxy) is 2. The molecule has 13 heteroatoms. The molecule has 0 heterocycles. The molecule has 38 heavy (non-hydrogen) atoms. The number of halogens is 2. The van der Waals surface area contributed by atoms with Crippen molar-refractivity contribution in [1.29, 1.82) is 5.26 Å². The highest BCUT2D eigenvalue weighted by atomic mass is 79.9.